The third-order valence-electron chi connectivity index (χ3n) is 3.24. The van der Waals surface area contributed by atoms with Crippen molar-refractivity contribution in [3.63, 3.8) is 0 Å². The number of β-amino-alcohol motifs (C(OH)–C–C–N with tert-alkyl or cyclic N) is 1. The van der Waals surface area contributed by atoms with E-state index in [0.29, 0.717) is 31.9 Å². The summed E-state index contributed by atoms with van der Waals surface area (Å²) >= 11 is 0. The lowest BCUT2D eigenvalue weighted by Crippen LogP contribution is -2.48. The van der Waals surface area contributed by atoms with Gasteiger partial charge in [0.1, 0.15) is 4.90 Å². The molecule has 2 N–H and O–H groups in total. The normalized spacial score (nSPS) is 24.6. The molecule has 2 rings (SSSR count). The molecule has 0 spiro atoms. The fourth-order valence-electron chi connectivity index (χ4n) is 2.23. The van der Waals surface area contributed by atoms with E-state index >= 15 is 0 Å². The van der Waals surface area contributed by atoms with Crippen LogP contribution in [0.15, 0.2) is 17.3 Å². The van der Waals surface area contributed by atoms with Crippen LogP contribution in [0.3, 0.4) is 0 Å². The number of piperidine rings is 1. The van der Waals surface area contributed by atoms with Crippen molar-refractivity contribution in [2.45, 2.75) is 37.2 Å². The van der Waals surface area contributed by atoms with Gasteiger partial charge in [-0.15, -0.1) is 0 Å². The lowest BCUT2D eigenvalue weighted by molar-refractivity contribution is 0.00939. The summed E-state index contributed by atoms with van der Waals surface area (Å²) in [5, 5.41) is 12.9. The van der Waals surface area contributed by atoms with Crippen LogP contribution in [0.5, 0.6) is 0 Å². The molecule has 112 valence electrons. The van der Waals surface area contributed by atoms with Crippen LogP contribution in [0.2, 0.25) is 0 Å². The fourth-order valence-corrected chi connectivity index (χ4v) is 3.71. The fraction of sp³-hybridized carbons (Fsp3) is 0.667. The molecule has 1 saturated heterocycles. The molecule has 1 aromatic rings. The lowest BCUT2D eigenvalue weighted by Gasteiger charge is -2.35. The predicted molar refractivity (Wildman–Crippen MR) is 74.8 cm³/mol. The smallest absolute Gasteiger partial charge is 0.246 e. The van der Waals surface area contributed by atoms with E-state index in [1.807, 2.05) is 6.92 Å². The third kappa shape index (κ3) is 3.25. The van der Waals surface area contributed by atoms with E-state index < -0.39 is 15.6 Å². The van der Waals surface area contributed by atoms with Crippen LogP contribution in [-0.4, -0.2) is 53.0 Å². The zero-order valence-electron chi connectivity index (χ0n) is 11.7. The molecular weight excluding hydrogens is 280 g/mol. The Morgan fingerprint density at radius 1 is 1.45 bits per heavy atom. The summed E-state index contributed by atoms with van der Waals surface area (Å²) in [6.07, 6.45) is 3.84. The Labute approximate surface area is 119 Å². The van der Waals surface area contributed by atoms with Gasteiger partial charge in [-0.1, -0.05) is 0 Å². The average molecular weight is 300 g/mol. The van der Waals surface area contributed by atoms with E-state index in [1.165, 1.54) is 16.7 Å². The SMILES string of the molecule is CCNc1ncc(S(=O)(=O)N2CCCC(C)(O)C2)cn1. The molecule has 0 amide bonds. The highest BCUT2D eigenvalue weighted by atomic mass is 32.2. The van der Waals surface area contributed by atoms with Gasteiger partial charge in [0.15, 0.2) is 0 Å². The molecule has 1 atom stereocenters. The van der Waals surface area contributed by atoms with Crippen LogP contribution >= 0.6 is 0 Å². The summed E-state index contributed by atoms with van der Waals surface area (Å²) in [7, 11) is -3.64. The number of aromatic nitrogens is 2. The summed E-state index contributed by atoms with van der Waals surface area (Å²) in [6, 6.07) is 0. The minimum Gasteiger partial charge on any atom is -0.389 e. The first kappa shape index (κ1) is 15.1. The van der Waals surface area contributed by atoms with Crippen molar-refractivity contribution in [3.05, 3.63) is 12.4 Å². The average Bonchev–Trinajstić information content (AvgIpc) is 2.38. The monoisotopic (exact) mass is 300 g/mol. The second kappa shape index (κ2) is 5.63. The Bertz CT molecular complexity index is 557. The van der Waals surface area contributed by atoms with Gasteiger partial charge in [0.2, 0.25) is 16.0 Å². The van der Waals surface area contributed by atoms with E-state index in [-0.39, 0.29) is 11.4 Å². The van der Waals surface area contributed by atoms with Gasteiger partial charge >= 0.3 is 0 Å². The molecule has 1 aliphatic heterocycles. The van der Waals surface area contributed by atoms with Crippen molar-refractivity contribution >= 4 is 16.0 Å². The molecular formula is C12H20N4O3S. The van der Waals surface area contributed by atoms with Gasteiger partial charge in [-0.05, 0) is 26.7 Å². The quantitative estimate of drug-likeness (QED) is 0.838. The van der Waals surface area contributed by atoms with Crippen LogP contribution in [0.25, 0.3) is 0 Å². The number of aliphatic hydroxyl groups is 1. The van der Waals surface area contributed by atoms with Gasteiger partial charge in [0.25, 0.3) is 0 Å². The van der Waals surface area contributed by atoms with Crippen molar-refractivity contribution in [3.8, 4) is 0 Å². The zero-order chi connectivity index (χ0) is 14.8. The van der Waals surface area contributed by atoms with Crippen molar-refractivity contribution in [1.29, 1.82) is 0 Å². The number of nitrogens with one attached hydrogen (secondary N) is 1. The minimum absolute atomic E-state index is 0.0526. The maximum atomic E-state index is 12.5. The second-order valence-electron chi connectivity index (χ2n) is 5.21. The molecule has 1 aromatic heterocycles. The van der Waals surface area contributed by atoms with Crippen molar-refractivity contribution in [2.24, 2.45) is 0 Å². The van der Waals surface area contributed by atoms with E-state index in [9.17, 15) is 13.5 Å². The third-order valence-corrected chi connectivity index (χ3v) is 5.04. The highest BCUT2D eigenvalue weighted by Gasteiger charge is 2.35. The first-order valence-corrected chi connectivity index (χ1v) is 8.07. The van der Waals surface area contributed by atoms with E-state index in [4.69, 9.17) is 0 Å². The standard InChI is InChI=1S/C12H20N4O3S/c1-3-13-11-14-7-10(8-15-11)20(18,19)16-6-4-5-12(2,17)9-16/h7-8,17H,3-6,9H2,1-2H3,(H,13,14,15). The maximum absolute atomic E-state index is 12.5. The van der Waals surface area contributed by atoms with Crippen LogP contribution in [0.4, 0.5) is 5.95 Å². The highest BCUT2D eigenvalue weighted by molar-refractivity contribution is 7.89. The summed E-state index contributed by atoms with van der Waals surface area (Å²) in [4.78, 5) is 8.00. The van der Waals surface area contributed by atoms with E-state index in [1.54, 1.807) is 6.92 Å². The number of sulfonamides is 1. The lowest BCUT2D eigenvalue weighted by atomic mass is 9.97. The van der Waals surface area contributed by atoms with Crippen LogP contribution in [0.1, 0.15) is 26.7 Å². The Morgan fingerprint density at radius 2 is 2.10 bits per heavy atom. The summed E-state index contributed by atoms with van der Waals surface area (Å²) < 4.78 is 26.2. The topological polar surface area (TPSA) is 95.4 Å². The number of hydrogen-bond acceptors (Lipinski definition) is 6. The maximum Gasteiger partial charge on any atom is 0.246 e. The van der Waals surface area contributed by atoms with Gasteiger partial charge < -0.3 is 10.4 Å². The van der Waals surface area contributed by atoms with E-state index in [0.717, 1.165) is 0 Å². The van der Waals surface area contributed by atoms with Crippen LogP contribution < -0.4 is 5.32 Å². The van der Waals surface area contributed by atoms with Gasteiger partial charge in [0.05, 0.1) is 18.0 Å². The molecule has 1 unspecified atom stereocenters. The first-order valence-electron chi connectivity index (χ1n) is 6.63. The molecule has 0 aliphatic carbocycles. The minimum atomic E-state index is -3.64. The Kier molecular flexibility index (Phi) is 4.26. The summed E-state index contributed by atoms with van der Waals surface area (Å²) in [5.74, 6) is 0.400. The summed E-state index contributed by atoms with van der Waals surface area (Å²) in [6.45, 7) is 4.74. The first-order chi connectivity index (χ1) is 9.35. The molecule has 7 nitrogen and oxygen atoms in total. The van der Waals surface area contributed by atoms with Gasteiger partial charge in [0, 0.05) is 19.6 Å². The Morgan fingerprint density at radius 3 is 2.65 bits per heavy atom. The number of nitrogens with zero attached hydrogens (tertiary/aromatic N) is 3. The molecule has 0 saturated carbocycles. The number of hydrogen-bond donors (Lipinski definition) is 2. The molecule has 0 bridgehead atoms. The molecule has 0 radical (unpaired) electrons. The molecule has 1 fully saturated rings. The number of anilines is 1. The highest BCUT2D eigenvalue weighted by Crippen LogP contribution is 2.25. The second-order valence-corrected chi connectivity index (χ2v) is 7.15. The molecule has 8 heteroatoms. The molecule has 2 heterocycles. The summed E-state index contributed by atoms with van der Waals surface area (Å²) in [5.41, 5.74) is -0.976. The molecule has 1 aliphatic rings. The van der Waals surface area contributed by atoms with Crippen LogP contribution in [0, 0.1) is 0 Å². The van der Waals surface area contributed by atoms with Gasteiger partial charge in [-0.3, -0.25) is 0 Å². The van der Waals surface area contributed by atoms with Crippen molar-refractivity contribution in [2.75, 3.05) is 25.0 Å². The van der Waals surface area contributed by atoms with Crippen LogP contribution in [-0.2, 0) is 10.0 Å². The van der Waals surface area contributed by atoms with Crippen molar-refractivity contribution in [1.82, 2.24) is 14.3 Å². The largest absolute Gasteiger partial charge is 0.389 e. The van der Waals surface area contributed by atoms with Crippen molar-refractivity contribution < 1.29 is 13.5 Å². The molecule has 20 heavy (non-hydrogen) atoms. The Hall–Kier alpha value is -1.25. The predicted octanol–water partition coefficient (Wildman–Crippen LogP) is 0.444. The van der Waals surface area contributed by atoms with E-state index in [2.05, 4.69) is 15.3 Å². The number of rotatable bonds is 4. The van der Waals surface area contributed by atoms with Gasteiger partial charge in [-0.2, -0.15) is 4.31 Å². The zero-order valence-corrected chi connectivity index (χ0v) is 12.5. The Balaban J connectivity index is 2.21. The van der Waals surface area contributed by atoms with Gasteiger partial charge in [-0.25, -0.2) is 18.4 Å². The molecule has 0 aromatic carbocycles.